The molecule has 30 heavy (non-hydrogen) atoms. The fourth-order valence-electron chi connectivity index (χ4n) is 4.58. The number of hydrogen-bond acceptors (Lipinski definition) is 3. The molecule has 1 aliphatic heterocycles. The van der Waals surface area contributed by atoms with Crippen LogP contribution in [0.4, 0.5) is 0 Å². The SMILES string of the molecule is CN(C)CCCN1N=C2/C(=C\c3ccc(Cl)cc3)CCCC2C1c1ccc(Cl)cc1. The molecule has 1 heterocycles. The van der Waals surface area contributed by atoms with Crippen molar-refractivity contribution in [1.82, 2.24) is 9.91 Å². The molecule has 1 saturated carbocycles. The van der Waals surface area contributed by atoms with Crippen molar-refractivity contribution in [2.24, 2.45) is 11.0 Å². The lowest BCUT2D eigenvalue weighted by molar-refractivity contribution is 0.187. The van der Waals surface area contributed by atoms with Crippen molar-refractivity contribution in [2.75, 3.05) is 27.2 Å². The fraction of sp³-hybridized carbons (Fsp3) is 0.400. The quantitative estimate of drug-likeness (QED) is 0.506. The third-order valence-corrected chi connectivity index (χ3v) is 6.50. The summed E-state index contributed by atoms with van der Waals surface area (Å²) in [6.07, 6.45) is 6.84. The lowest BCUT2D eigenvalue weighted by Crippen LogP contribution is -2.29. The van der Waals surface area contributed by atoms with Gasteiger partial charge in [-0.05, 0) is 93.4 Å². The number of allylic oxidation sites excluding steroid dienone is 1. The van der Waals surface area contributed by atoms with Gasteiger partial charge in [0, 0.05) is 22.5 Å². The lowest BCUT2D eigenvalue weighted by atomic mass is 9.77. The molecular formula is C25H29Cl2N3. The summed E-state index contributed by atoms with van der Waals surface area (Å²) in [6.45, 7) is 2.02. The molecule has 1 fully saturated rings. The summed E-state index contributed by atoms with van der Waals surface area (Å²) in [6, 6.07) is 16.7. The van der Waals surface area contributed by atoms with Gasteiger partial charge >= 0.3 is 0 Å². The Bertz CT molecular complexity index is 916. The summed E-state index contributed by atoms with van der Waals surface area (Å²) < 4.78 is 0. The van der Waals surface area contributed by atoms with Crippen molar-refractivity contribution in [1.29, 1.82) is 0 Å². The summed E-state index contributed by atoms with van der Waals surface area (Å²) in [7, 11) is 4.25. The first-order chi connectivity index (χ1) is 14.5. The van der Waals surface area contributed by atoms with Gasteiger partial charge in [0.25, 0.3) is 0 Å². The molecule has 158 valence electrons. The number of hydrogen-bond donors (Lipinski definition) is 0. The molecular weight excluding hydrogens is 413 g/mol. The minimum atomic E-state index is 0.286. The van der Waals surface area contributed by atoms with E-state index in [-0.39, 0.29) is 6.04 Å². The Morgan fingerprint density at radius 2 is 1.70 bits per heavy atom. The second kappa shape index (κ2) is 9.55. The molecule has 2 unspecified atom stereocenters. The van der Waals surface area contributed by atoms with E-state index in [0.29, 0.717) is 5.92 Å². The molecule has 3 nitrogen and oxygen atoms in total. The number of hydrazone groups is 1. The molecule has 4 rings (SSSR count). The van der Waals surface area contributed by atoms with E-state index < -0.39 is 0 Å². The van der Waals surface area contributed by atoms with Crippen LogP contribution in [0.15, 0.2) is 59.2 Å². The Balaban J connectivity index is 1.64. The van der Waals surface area contributed by atoms with E-state index in [1.54, 1.807) is 0 Å². The van der Waals surface area contributed by atoms with E-state index in [2.05, 4.69) is 54.3 Å². The van der Waals surface area contributed by atoms with Gasteiger partial charge in [0.1, 0.15) is 0 Å². The molecule has 0 saturated heterocycles. The molecule has 5 heteroatoms. The monoisotopic (exact) mass is 441 g/mol. The standard InChI is InChI=1S/C25H29Cl2N3/c1-29(2)15-4-16-30-25(19-9-13-22(27)14-10-19)23-6-3-5-20(24(23)28-30)17-18-7-11-21(26)12-8-18/h7-14,17,23,25H,3-6,15-16H2,1-2H3/b20-17-. The van der Waals surface area contributed by atoms with Gasteiger partial charge < -0.3 is 4.90 Å². The first kappa shape index (κ1) is 21.4. The van der Waals surface area contributed by atoms with E-state index in [9.17, 15) is 0 Å². The largest absolute Gasteiger partial charge is 0.309 e. The van der Waals surface area contributed by atoms with E-state index in [1.165, 1.54) is 35.3 Å². The van der Waals surface area contributed by atoms with Crippen molar-refractivity contribution in [3.8, 4) is 0 Å². The van der Waals surface area contributed by atoms with Crippen LogP contribution in [0.2, 0.25) is 10.0 Å². The highest BCUT2D eigenvalue weighted by Gasteiger charge is 2.40. The molecule has 0 aromatic heterocycles. The third kappa shape index (κ3) is 4.91. The number of benzene rings is 2. The van der Waals surface area contributed by atoms with Crippen LogP contribution >= 0.6 is 23.2 Å². The smallest absolute Gasteiger partial charge is 0.0804 e. The van der Waals surface area contributed by atoms with E-state index in [0.717, 1.165) is 36.0 Å². The van der Waals surface area contributed by atoms with Crippen LogP contribution in [-0.2, 0) is 0 Å². The summed E-state index contributed by atoms with van der Waals surface area (Å²) in [5.41, 5.74) is 5.12. The van der Waals surface area contributed by atoms with Gasteiger partial charge in [0.15, 0.2) is 0 Å². The fourth-order valence-corrected chi connectivity index (χ4v) is 4.83. The Morgan fingerprint density at radius 3 is 2.37 bits per heavy atom. The molecule has 0 N–H and O–H groups in total. The molecule has 0 spiro atoms. The van der Waals surface area contributed by atoms with Crippen LogP contribution < -0.4 is 0 Å². The van der Waals surface area contributed by atoms with Crippen LogP contribution in [-0.4, -0.2) is 42.8 Å². The second-order valence-corrected chi connectivity index (χ2v) is 9.39. The molecule has 2 aromatic carbocycles. The average molecular weight is 442 g/mol. The van der Waals surface area contributed by atoms with E-state index in [4.69, 9.17) is 28.3 Å². The maximum atomic E-state index is 6.17. The van der Waals surface area contributed by atoms with E-state index >= 15 is 0 Å². The number of fused-ring (bicyclic) bond motifs is 1. The zero-order valence-corrected chi connectivity index (χ0v) is 19.2. The van der Waals surface area contributed by atoms with Gasteiger partial charge in [-0.1, -0.05) is 47.5 Å². The number of halogens is 2. The first-order valence-corrected chi connectivity index (χ1v) is 11.5. The number of rotatable bonds is 6. The highest BCUT2D eigenvalue weighted by Crippen LogP contribution is 2.44. The van der Waals surface area contributed by atoms with Gasteiger partial charge in [-0.15, -0.1) is 0 Å². The first-order valence-electron chi connectivity index (χ1n) is 10.7. The van der Waals surface area contributed by atoms with Crippen LogP contribution in [0.25, 0.3) is 6.08 Å². The highest BCUT2D eigenvalue weighted by atomic mass is 35.5. The van der Waals surface area contributed by atoms with Gasteiger partial charge in [0.05, 0.1) is 11.8 Å². The second-order valence-electron chi connectivity index (χ2n) is 8.52. The molecule has 1 aliphatic carbocycles. The maximum absolute atomic E-state index is 6.17. The molecule has 2 atom stereocenters. The molecule has 2 aliphatic rings. The number of nitrogens with zero attached hydrogens (tertiary/aromatic N) is 3. The molecule has 0 amide bonds. The minimum Gasteiger partial charge on any atom is -0.309 e. The van der Waals surface area contributed by atoms with Crippen molar-refractivity contribution >= 4 is 35.0 Å². The zero-order valence-electron chi connectivity index (χ0n) is 17.7. The van der Waals surface area contributed by atoms with Crippen LogP contribution in [0.1, 0.15) is 42.9 Å². The Kier molecular flexibility index (Phi) is 6.82. The zero-order chi connectivity index (χ0) is 21.1. The van der Waals surface area contributed by atoms with Gasteiger partial charge in [-0.25, -0.2) is 0 Å². The van der Waals surface area contributed by atoms with Crippen LogP contribution in [0, 0.1) is 5.92 Å². The predicted molar refractivity (Wildman–Crippen MR) is 128 cm³/mol. The lowest BCUT2D eigenvalue weighted by Gasteiger charge is -2.31. The average Bonchev–Trinajstić information content (AvgIpc) is 3.09. The summed E-state index contributed by atoms with van der Waals surface area (Å²) >= 11 is 12.2. The normalized spacial score (nSPS) is 22.5. The molecule has 0 radical (unpaired) electrons. The Morgan fingerprint density at radius 1 is 1.03 bits per heavy atom. The van der Waals surface area contributed by atoms with E-state index in [1.807, 2.05) is 24.3 Å². The van der Waals surface area contributed by atoms with Crippen molar-refractivity contribution < 1.29 is 0 Å². The molecule has 2 aromatic rings. The van der Waals surface area contributed by atoms with Crippen molar-refractivity contribution in [2.45, 2.75) is 31.7 Å². The van der Waals surface area contributed by atoms with Gasteiger partial charge in [0.2, 0.25) is 0 Å². The predicted octanol–water partition coefficient (Wildman–Crippen LogP) is 6.54. The Hall–Kier alpha value is -1.81. The maximum Gasteiger partial charge on any atom is 0.0804 e. The third-order valence-electron chi connectivity index (χ3n) is 5.99. The van der Waals surface area contributed by atoms with Gasteiger partial charge in [-0.2, -0.15) is 5.10 Å². The summed E-state index contributed by atoms with van der Waals surface area (Å²) in [5, 5.41) is 9.07. The Labute approximate surface area is 190 Å². The topological polar surface area (TPSA) is 18.8 Å². The van der Waals surface area contributed by atoms with Crippen molar-refractivity contribution in [3.63, 3.8) is 0 Å². The summed E-state index contributed by atoms with van der Waals surface area (Å²) in [5.74, 6) is 0.429. The molecule has 0 bridgehead atoms. The van der Waals surface area contributed by atoms with Gasteiger partial charge in [-0.3, -0.25) is 5.01 Å². The summed E-state index contributed by atoms with van der Waals surface area (Å²) in [4.78, 5) is 2.24. The van der Waals surface area contributed by atoms with Crippen LogP contribution in [0.5, 0.6) is 0 Å². The van der Waals surface area contributed by atoms with Crippen LogP contribution in [0.3, 0.4) is 0 Å². The van der Waals surface area contributed by atoms with Crippen molar-refractivity contribution in [3.05, 3.63) is 75.3 Å². The minimum absolute atomic E-state index is 0.286. The highest BCUT2D eigenvalue weighted by molar-refractivity contribution is 6.30.